The van der Waals surface area contributed by atoms with Gasteiger partial charge in [0.25, 0.3) is 0 Å². The van der Waals surface area contributed by atoms with Crippen LogP contribution in [0, 0.1) is 5.82 Å². The van der Waals surface area contributed by atoms with E-state index in [9.17, 15) is 17.6 Å². The molecule has 2 aromatic carbocycles. The lowest BCUT2D eigenvalue weighted by atomic mass is 10.1. The van der Waals surface area contributed by atoms with Crippen molar-refractivity contribution in [1.29, 1.82) is 0 Å². The second-order valence-corrected chi connectivity index (χ2v) is 6.37. The topological polar surface area (TPSA) is 37.3 Å². The molecule has 0 aliphatic carbocycles. The Labute approximate surface area is 155 Å². The number of rotatable bonds is 4. The van der Waals surface area contributed by atoms with Gasteiger partial charge in [-0.05, 0) is 17.7 Å². The molecular weight excluding hydrogens is 390 g/mol. The van der Waals surface area contributed by atoms with Gasteiger partial charge in [0.1, 0.15) is 5.82 Å². The van der Waals surface area contributed by atoms with Gasteiger partial charge in [0, 0.05) is 10.9 Å². The third-order valence-corrected chi connectivity index (χ3v) is 4.43. The summed E-state index contributed by atoms with van der Waals surface area (Å²) in [6, 6.07) is 11.1. The van der Waals surface area contributed by atoms with Crippen molar-refractivity contribution in [3.8, 4) is 11.3 Å². The molecule has 0 unspecified atom stereocenters. The summed E-state index contributed by atoms with van der Waals surface area (Å²) in [6.45, 7) is 0. The van der Waals surface area contributed by atoms with Gasteiger partial charge in [0.05, 0.1) is 22.5 Å². The molecule has 0 saturated carbocycles. The maximum atomic E-state index is 13.6. The molecule has 0 amide bonds. The van der Waals surface area contributed by atoms with Crippen LogP contribution >= 0.6 is 22.9 Å². The molecule has 0 atom stereocenters. The number of hydrogen-bond acceptors (Lipinski definition) is 4. The summed E-state index contributed by atoms with van der Waals surface area (Å²) in [7, 11) is 0. The number of alkyl halides is 3. The van der Waals surface area contributed by atoms with Crippen LogP contribution in [0.5, 0.6) is 0 Å². The predicted molar refractivity (Wildman–Crippen MR) is 95.2 cm³/mol. The zero-order valence-electron chi connectivity index (χ0n) is 12.9. The van der Waals surface area contributed by atoms with Crippen LogP contribution < -0.4 is 5.43 Å². The van der Waals surface area contributed by atoms with E-state index in [1.807, 2.05) is 35.7 Å². The van der Waals surface area contributed by atoms with Crippen molar-refractivity contribution in [2.45, 2.75) is 6.18 Å². The van der Waals surface area contributed by atoms with Crippen LogP contribution in [0.4, 0.5) is 22.7 Å². The number of benzene rings is 2. The van der Waals surface area contributed by atoms with Crippen LogP contribution in [-0.2, 0) is 6.18 Å². The number of aromatic nitrogens is 1. The van der Waals surface area contributed by atoms with Crippen LogP contribution in [0.1, 0.15) is 11.1 Å². The van der Waals surface area contributed by atoms with Crippen molar-refractivity contribution >= 4 is 34.3 Å². The number of nitrogens with one attached hydrogen (secondary N) is 1. The van der Waals surface area contributed by atoms with Crippen molar-refractivity contribution in [3.05, 3.63) is 69.8 Å². The van der Waals surface area contributed by atoms with E-state index in [0.717, 1.165) is 29.6 Å². The van der Waals surface area contributed by atoms with Crippen LogP contribution in [0.25, 0.3) is 11.3 Å². The highest BCUT2D eigenvalue weighted by molar-refractivity contribution is 7.14. The van der Waals surface area contributed by atoms with Crippen molar-refractivity contribution in [3.63, 3.8) is 0 Å². The molecule has 0 radical (unpaired) electrons. The highest BCUT2D eigenvalue weighted by Crippen LogP contribution is 2.36. The van der Waals surface area contributed by atoms with Crippen molar-refractivity contribution in [1.82, 2.24) is 4.98 Å². The lowest BCUT2D eigenvalue weighted by Crippen LogP contribution is -2.08. The first kappa shape index (κ1) is 18.3. The molecule has 9 heteroatoms. The van der Waals surface area contributed by atoms with E-state index in [1.54, 1.807) is 0 Å². The van der Waals surface area contributed by atoms with Crippen LogP contribution in [-0.4, -0.2) is 11.2 Å². The fourth-order valence-electron chi connectivity index (χ4n) is 2.12. The molecule has 26 heavy (non-hydrogen) atoms. The second-order valence-electron chi connectivity index (χ2n) is 5.14. The number of thiazole rings is 1. The lowest BCUT2D eigenvalue weighted by molar-refractivity contribution is -0.137. The third kappa shape index (κ3) is 4.20. The summed E-state index contributed by atoms with van der Waals surface area (Å²) >= 11 is 6.66. The van der Waals surface area contributed by atoms with Crippen LogP contribution in [0.3, 0.4) is 0 Å². The molecule has 0 aliphatic rings. The van der Waals surface area contributed by atoms with Crippen molar-refractivity contribution < 1.29 is 17.6 Å². The van der Waals surface area contributed by atoms with E-state index in [-0.39, 0.29) is 5.56 Å². The number of halogens is 5. The van der Waals surface area contributed by atoms with E-state index in [2.05, 4.69) is 15.5 Å². The van der Waals surface area contributed by atoms with E-state index < -0.39 is 22.6 Å². The minimum absolute atomic E-state index is 0.0773. The number of hydrogen-bond donors (Lipinski definition) is 1. The molecule has 1 aromatic heterocycles. The van der Waals surface area contributed by atoms with Gasteiger partial charge in [-0.15, -0.1) is 11.3 Å². The third-order valence-electron chi connectivity index (χ3n) is 3.30. The summed E-state index contributed by atoms with van der Waals surface area (Å²) in [5.41, 5.74) is 2.96. The first-order valence-electron chi connectivity index (χ1n) is 7.21. The standard InChI is InChI=1S/C17H10ClF4N3S/c18-15-12(17(20,21)22)6-10(7-13(15)19)8-23-25-16-24-14(9-26-16)11-4-2-1-3-5-11/h1-9H,(H,24,25). The van der Waals surface area contributed by atoms with E-state index in [1.165, 1.54) is 11.3 Å². The second kappa shape index (κ2) is 7.43. The summed E-state index contributed by atoms with van der Waals surface area (Å²) < 4.78 is 52.1. The lowest BCUT2D eigenvalue weighted by Gasteiger charge is -2.10. The van der Waals surface area contributed by atoms with Gasteiger partial charge in [-0.25, -0.2) is 9.37 Å². The number of nitrogens with zero attached hydrogens (tertiary/aromatic N) is 2. The Hall–Kier alpha value is -2.45. The molecule has 0 saturated heterocycles. The molecule has 0 aliphatic heterocycles. The number of anilines is 1. The van der Waals surface area contributed by atoms with Gasteiger partial charge in [-0.2, -0.15) is 18.3 Å². The van der Waals surface area contributed by atoms with E-state index >= 15 is 0 Å². The first-order valence-corrected chi connectivity index (χ1v) is 8.46. The Bertz CT molecular complexity index is 939. The monoisotopic (exact) mass is 399 g/mol. The SMILES string of the molecule is Fc1cc(C=NNc2nc(-c3ccccc3)cs2)cc(C(F)(F)F)c1Cl. The van der Waals surface area contributed by atoms with E-state index in [4.69, 9.17) is 11.6 Å². The number of hydrazone groups is 1. The maximum Gasteiger partial charge on any atom is 0.417 e. The van der Waals surface area contributed by atoms with Gasteiger partial charge in [-0.3, -0.25) is 5.43 Å². The molecule has 0 fully saturated rings. The van der Waals surface area contributed by atoms with Crippen molar-refractivity contribution in [2.24, 2.45) is 5.10 Å². The Kier molecular flexibility index (Phi) is 5.24. The minimum atomic E-state index is -4.75. The minimum Gasteiger partial charge on any atom is -0.253 e. The normalized spacial score (nSPS) is 11.9. The Morgan fingerprint density at radius 3 is 2.58 bits per heavy atom. The molecule has 3 nitrogen and oxygen atoms in total. The van der Waals surface area contributed by atoms with Gasteiger partial charge >= 0.3 is 6.18 Å². The molecule has 0 spiro atoms. The van der Waals surface area contributed by atoms with Crippen LogP contribution in [0.2, 0.25) is 5.02 Å². The first-order chi connectivity index (χ1) is 12.3. The summed E-state index contributed by atoms with van der Waals surface area (Å²) in [6.07, 6.45) is -3.69. The molecule has 3 aromatic rings. The molecule has 134 valence electrons. The average Bonchev–Trinajstić information content (AvgIpc) is 3.06. The molecular formula is C17H10ClF4N3S. The average molecular weight is 400 g/mol. The highest BCUT2D eigenvalue weighted by atomic mass is 35.5. The molecule has 0 bridgehead atoms. The van der Waals surface area contributed by atoms with Gasteiger partial charge in [0.2, 0.25) is 5.13 Å². The maximum absolute atomic E-state index is 13.6. The van der Waals surface area contributed by atoms with Crippen LogP contribution in [0.15, 0.2) is 52.9 Å². The largest absolute Gasteiger partial charge is 0.417 e. The fraction of sp³-hybridized carbons (Fsp3) is 0.0588. The summed E-state index contributed by atoms with van der Waals surface area (Å²) in [5.74, 6) is -1.16. The molecule has 1 N–H and O–H groups in total. The summed E-state index contributed by atoms with van der Waals surface area (Å²) in [5, 5.41) is 5.11. The van der Waals surface area contributed by atoms with Gasteiger partial charge < -0.3 is 0 Å². The molecule has 3 rings (SSSR count). The fourth-order valence-corrected chi connectivity index (χ4v) is 3.00. The van der Waals surface area contributed by atoms with E-state index in [0.29, 0.717) is 5.13 Å². The Morgan fingerprint density at radius 1 is 1.15 bits per heavy atom. The highest BCUT2D eigenvalue weighted by Gasteiger charge is 2.34. The Balaban J connectivity index is 1.75. The van der Waals surface area contributed by atoms with Gasteiger partial charge in [0.15, 0.2) is 0 Å². The zero-order valence-corrected chi connectivity index (χ0v) is 14.5. The quantitative estimate of drug-likeness (QED) is 0.328. The summed E-state index contributed by atoms with van der Waals surface area (Å²) in [4.78, 5) is 4.32. The molecule has 1 heterocycles. The zero-order chi connectivity index (χ0) is 18.7. The van der Waals surface area contributed by atoms with Gasteiger partial charge in [-0.1, -0.05) is 41.9 Å². The van der Waals surface area contributed by atoms with Crippen molar-refractivity contribution in [2.75, 3.05) is 5.43 Å². The smallest absolute Gasteiger partial charge is 0.253 e. The Morgan fingerprint density at radius 2 is 1.88 bits per heavy atom. The predicted octanol–water partition coefficient (Wildman–Crippen LogP) is 6.07.